The van der Waals surface area contributed by atoms with Crippen molar-refractivity contribution in [2.45, 2.75) is 25.3 Å². The normalized spacial score (nSPS) is 16.7. The third-order valence-electron chi connectivity index (χ3n) is 6.45. The molecule has 0 spiro atoms. The maximum absolute atomic E-state index is 13.4. The molecule has 1 aliphatic rings. The number of hydrogen-bond acceptors (Lipinski definition) is 4. The second kappa shape index (κ2) is 7.80. The van der Waals surface area contributed by atoms with Crippen LogP contribution in [0.1, 0.15) is 30.3 Å². The van der Waals surface area contributed by atoms with Crippen LogP contribution in [0.4, 0.5) is 4.79 Å². The molecule has 1 aromatic carbocycles. The second-order valence-corrected chi connectivity index (χ2v) is 8.90. The van der Waals surface area contributed by atoms with Crippen molar-refractivity contribution in [2.24, 2.45) is 14.1 Å². The van der Waals surface area contributed by atoms with Gasteiger partial charge in [0.05, 0.1) is 6.54 Å². The van der Waals surface area contributed by atoms with Gasteiger partial charge >= 0.3 is 11.8 Å². The quantitative estimate of drug-likeness (QED) is 0.477. The molecule has 0 radical (unpaired) electrons. The van der Waals surface area contributed by atoms with E-state index in [-0.39, 0.29) is 12.5 Å². The molecule has 1 amide bonds. The lowest BCUT2D eigenvalue weighted by atomic mass is 9.97. The van der Waals surface area contributed by atoms with Crippen LogP contribution in [0.5, 0.6) is 0 Å². The van der Waals surface area contributed by atoms with Crippen LogP contribution in [-0.4, -0.2) is 52.9 Å². The summed E-state index contributed by atoms with van der Waals surface area (Å²) in [6.07, 6.45) is 0.511. The standard InChI is InChI=1S/C22H23ClN6O4/c1-26-17-19(25-18(26)12-5-4-8-28(10-12)22(32)33)27(2)21(31)29(20(17)30)11-13-9-14-15(23)6-3-7-16(14)24-13/h3,6-7,9,12,24H,4-5,8,10-11H2,1-2H3,(H,32,33). The number of likely N-dealkylation sites (tertiary alicyclic amines) is 1. The summed E-state index contributed by atoms with van der Waals surface area (Å²) in [6, 6.07) is 7.33. The predicted octanol–water partition coefficient (Wildman–Crippen LogP) is 2.47. The lowest BCUT2D eigenvalue weighted by Crippen LogP contribution is -2.40. The number of rotatable bonds is 3. The molecule has 1 saturated heterocycles. The number of aryl methyl sites for hydroxylation is 2. The van der Waals surface area contributed by atoms with E-state index in [0.29, 0.717) is 47.2 Å². The van der Waals surface area contributed by atoms with Gasteiger partial charge in [-0.1, -0.05) is 17.7 Å². The first kappa shape index (κ1) is 21.3. The molecular formula is C22H23ClN6O4. The largest absolute Gasteiger partial charge is 0.465 e. The number of aromatic amines is 1. The Balaban J connectivity index is 1.60. The molecule has 2 N–H and O–H groups in total. The molecule has 5 rings (SSSR count). The molecule has 0 bridgehead atoms. The Hall–Kier alpha value is -3.53. The zero-order valence-corrected chi connectivity index (χ0v) is 19.0. The highest BCUT2D eigenvalue weighted by Gasteiger charge is 2.29. The van der Waals surface area contributed by atoms with Crippen molar-refractivity contribution in [3.05, 3.63) is 61.6 Å². The van der Waals surface area contributed by atoms with Crippen molar-refractivity contribution in [1.82, 2.24) is 28.6 Å². The highest BCUT2D eigenvalue weighted by atomic mass is 35.5. The zero-order valence-electron chi connectivity index (χ0n) is 18.2. The molecule has 0 saturated carbocycles. The van der Waals surface area contributed by atoms with E-state index < -0.39 is 17.3 Å². The molecule has 3 aromatic heterocycles. The molecule has 1 unspecified atom stereocenters. The van der Waals surface area contributed by atoms with E-state index in [1.165, 1.54) is 14.0 Å². The van der Waals surface area contributed by atoms with E-state index in [0.717, 1.165) is 17.3 Å². The number of fused-ring (bicyclic) bond motifs is 2. The van der Waals surface area contributed by atoms with Crippen LogP contribution < -0.4 is 11.2 Å². The summed E-state index contributed by atoms with van der Waals surface area (Å²) in [4.78, 5) is 47.1. The van der Waals surface area contributed by atoms with Crippen molar-refractivity contribution < 1.29 is 9.90 Å². The number of carbonyl (C=O) groups is 1. The number of aromatic nitrogens is 5. The first-order valence-corrected chi connectivity index (χ1v) is 11.0. The van der Waals surface area contributed by atoms with Crippen LogP contribution in [0.25, 0.3) is 22.1 Å². The van der Waals surface area contributed by atoms with Gasteiger partial charge in [0.2, 0.25) is 0 Å². The summed E-state index contributed by atoms with van der Waals surface area (Å²) < 4.78 is 4.25. The number of halogens is 1. The van der Waals surface area contributed by atoms with Crippen molar-refractivity contribution in [3.63, 3.8) is 0 Å². The van der Waals surface area contributed by atoms with E-state index in [2.05, 4.69) is 9.97 Å². The fraction of sp³-hybridized carbons (Fsp3) is 0.364. The van der Waals surface area contributed by atoms with Gasteiger partial charge in [0, 0.05) is 54.7 Å². The molecule has 4 heterocycles. The first-order chi connectivity index (χ1) is 15.8. The van der Waals surface area contributed by atoms with Gasteiger partial charge in [-0.3, -0.25) is 13.9 Å². The molecule has 1 aliphatic heterocycles. The Morgan fingerprint density at radius 3 is 2.79 bits per heavy atom. The molecule has 172 valence electrons. The summed E-state index contributed by atoms with van der Waals surface area (Å²) in [7, 11) is 3.33. The number of H-pyrrole nitrogens is 1. The Bertz CT molecular complexity index is 1530. The van der Waals surface area contributed by atoms with Crippen LogP contribution in [-0.2, 0) is 20.6 Å². The van der Waals surface area contributed by atoms with Crippen molar-refractivity contribution in [1.29, 1.82) is 0 Å². The second-order valence-electron chi connectivity index (χ2n) is 8.50. The number of imidazole rings is 1. The summed E-state index contributed by atoms with van der Waals surface area (Å²) in [5, 5.41) is 10.8. The van der Waals surface area contributed by atoms with Gasteiger partial charge in [-0.2, -0.15) is 0 Å². The minimum atomic E-state index is -0.966. The van der Waals surface area contributed by atoms with Gasteiger partial charge in [-0.05, 0) is 31.0 Å². The van der Waals surface area contributed by atoms with E-state index >= 15 is 0 Å². The summed E-state index contributed by atoms with van der Waals surface area (Å²) >= 11 is 6.26. The minimum absolute atomic E-state index is 0.0587. The summed E-state index contributed by atoms with van der Waals surface area (Å²) in [5.74, 6) is 0.462. The van der Waals surface area contributed by atoms with Crippen LogP contribution in [0, 0.1) is 0 Å². The van der Waals surface area contributed by atoms with E-state index in [9.17, 15) is 19.5 Å². The maximum Gasteiger partial charge on any atom is 0.407 e. The number of carboxylic acid groups (broad SMARTS) is 1. The Morgan fingerprint density at radius 1 is 1.27 bits per heavy atom. The highest BCUT2D eigenvalue weighted by molar-refractivity contribution is 6.35. The predicted molar refractivity (Wildman–Crippen MR) is 124 cm³/mol. The molecule has 4 aromatic rings. The van der Waals surface area contributed by atoms with Crippen LogP contribution in [0.3, 0.4) is 0 Å². The number of nitrogens with one attached hydrogen (secondary N) is 1. The Labute approximate surface area is 192 Å². The molecule has 1 atom stereocenters. The monoisotopic (exact) mass is 470 g/mol. The lowest BCUT2D eigenvalue weighted by Gasteiger charge is -2.30. The Morgan fingerprint density at radius 2 is 2.06 bits per heavy atom. The number of benzene rings is 1. The van der Waals surface area contributed by atoms with Crippen LogP contribution >= 0.6 is 11.6 Å². The molecule has 11 heteroatoms. The number of nitrogens with zero attached hydrogens (tertiary/aromatic N) is 5. The number of amides is 1. The third kappa shape index (κ3) is 3.41. The summed E-state index contributed by atoms with van der Waals surface area (Å²) in [5.41, 5.74) is 1.21. The van der Waals surface area contributed by atoms with Gasteiger partial charge in [-0.25, -0.2) is 14.6 Å². The topological polar surface area (TPSA) is 118 Å². The molecule has 33 heavy (non-hydrogen) atoms. The van der Waals surface area contributed by atoms with Crippen molar-refractivity contribution in [3.8, 4) is 0 Å². The maximum atomic E-state index is 13.4. The lowest BCUT2D eigenvalue weighted by molar-refractivity contribution is 0.129. The molecule has 1 fully saturated rings. The van der Waals surface area contributed by atoms with Gasteiger partial charge in [0.25, 0.3) is 5.56 Å². The number of piperidine rings is 1. The number of hydrogen-bond donors (Lipinski definition) is 2. The SMILES string of the molecule is Cn1c(C2CCCN(C(=O)O)C2)nc2c1c(=O)n(Cc1cc3c(Cl)cccc3[nH]1)c(=O)n2C. The first-order valence-electron chi connectivity index (χ1n) is 10.7. The molecule has 0 aliphatic carbocycles. The van der Waals surface area contributed by atoms with Gasteiger partial charge in [0.15, 0.2) is 11.2 Å². The molecular weight excluding hydrogens is 448 g/mol. The zero-order chi connectivity index (χ0) is 23.4. The minimum Gasteiger partial charge on any atom is -0.465 e. The fourth-order valence-corrected chi connectivity index (χ4v) is 4.99. The van der Waals surface area contributed by atoms with Gasteiger partial charge in [0.1, 0.15) is 5.82 Å². The van der Waals surface area contributed by atoms with Crippen LogP contribution in [0.15, 0.2) is 33.9 Å². The van der Waals surface area contributed by atoms with E-state index in [1.54, 1.807) is 24.7 Å². The van der Waals surface area contributed by atoms with Crippen molar-refractivity contribution in [2.75, 3.05) is 13.1 Å². The van der Waals surface area contributed by atoms with Gasteiger partial charge in [-0.15, -0.1) is 0 Å². The molecule has 10 nitrogen and oxygen atoms in total. The third-order valence-corrected chi connectivity index (χ3v) is 6.78. The average Bonchev–Trinajstić information content (AvgIpc) is 3.37. The highest BCUT2D eigenvalue weighted by Crippen LogP contribution is 2.28. The average molecular weight is 471 g/mol. The van der Waals surface area contributed by atoms with Gasteiger partial charge < -0.3 is 19.6 Å². The smallest absolute Gasteiger partial charge is 0.407 e. The summed E-state index contributed by atoms with van der Waals surface area (Å²) in [6.45, 7) is 0.850. The van der Waals surface area contributed by atoms with Crippen molar-refractivity contribution >= 4 is 39.8 Å². The van der Waals surface area contributed by atoms with E-state index in [1.807, 2.05) is 18.2 Å². The fourth-order valence-electron chi connectivity index (χ4n) is 4.76. The van der Waals surface area contributed by atoms with E-state index in [4.69, 9.17) is 11.6 Å². The Kier molecular flexibility index (Phi) is 5.04. The van der Waals surface area contributed by atoms with Crippen LogP contribution in [0.2, 0.25) is 5.02 Å².